The van der Waals surface area contributed by atoms with Crippen molar-refractivity contribution in [1.29, 1.82) is 0 Å². The Hall–Kier alpha value is -1.19. The highest BCUT2D eigenvalue weighted by molar-refractivity contribution is 5.95. The second-order valence-corrected chi connectivity index (χ2v) is 3.37. The predicted molar refractivity (Wildman–Crippen MR) is 56.3 cm³/mol. The lowest BCUT2D eigenvalue weighted by molar-refractivity contribution is 0.963. The van der Waals surface area contributed by atoms with Gasteiger partial charge in [0, 0.05) is 17.1 Å². The van der Waals surface area contributed by atoms with E-state index >= 15 is 0 Å². The van der Waals surface area contributed by atoms with E-state index in [1.807, 2.05) is 13.8 Å². The lowest BCUT2D eigenvalue weighted by Gasteiger charge is -2.08. The molecule has 1 heterocycles. The van der Waals surface area contributed by atoms with Gasteiger partial charge >= 0.3 is 0 Å². The average Bonchev–Trinajstić information content (AvgIpc) is 2.16. The summed E-state index contributed by atoms with van der Waals surface area (Å²) in [6.07, 6.45) is 3.90. The Morgan fingerprint density at radius 2 is 2.23 bits per heavy atom. The first-order chi connectivity index (χ1) is 6.22. The smallest absolute Gasteiger partial charge is 0.0413 e. The normalized spacial score (nSPS) is 18.2. The lowest BCUT2D eigenvalue weighted by Crippen LogP contribution is -2.09. The van der Waals surface area contributed by atoms with E-state index in [4.69, 9.17) is 5.84 Å². The molecule has 0 saturated carbocycles. The summed E-state index contributed by atoms with van der Waals surface area (Å²) in [4.78, 5) is 0. The minimum absolute atomic E-state index is 0.893. The van der Waals surface area contributed by atoms with E-state index < -0.39 is 0 Å². The van der Waals surface area contributed by atoms with Crippen molar-refractivity contribution in [2.75, 3.05) is 0 Å². The molecule has 0 unspecified atom stereocenters. The van der Waals surface area contributed by atoms with Crippen LogP contribution in [0.15, 0.2) is 15.3 Å². The van der Waals surface area contributed by atoms with Crippen LogP contribution in [0.4, 0.5) is 0 Å². The molecular weight excluding hydrogens is 164 g/mol. The highest BCUT2D eigenvalue weighted by Gasteiger charge is 2.06. The van der Waals surface area contributed by atoms with E-state index in [2.05, 4.69) is 15.3 Å². The van der Waals surface area contributed by atoms with Crippen LogP contribution in [0.25, 0.3) is 0 Å². The Kier molecular flexibility index (Phi) is 3.61. The molecule has 13 heavy (non-hydrogen) atoms. The van der Waals surface area contributed by atoms with E-state index in [9.17, 15) is 0 Å². The summed E-state index contributed by atoms with van der Waals surface area (Å²) in [6.45, 7) is 3.94. The van der Waals surface area contributed by atoms with Gasteiger partial charge in [0.15, 0.2) is 0 Å². The van der Waals surface area contributed by atoms with Gasteiger partial charge in [-0.1, -0.05) is 0 Å². The van der Waals surface area contributed by atoms with E-state index in [-0.39, 0.29) is 0 Å². The van der Waals surface area contributed by atoms with Gasteiger partial charge in [0.2, 0.25) is 0 Å². The fourth-order valence-electron chi connectivity index (χ4n) is 1.15. The molecule has 72 valence electrons. The molecule has 2 N–H and O–H groups in total. The summed E-state index contributed by atoms with van der Waals surface area (Å²) >= 11 is 0. The molecule has 0 aromatic heterocycles. The van der Waals surface area contributed by atoms with Crippen molar-refractivity contribution >= 4 is 17.1 Å². The predicted octanol–water partition coefficient (Wildman–Crippen LogP) is 1.71. The molecule has 0 fully saturated rings. The number of hydrogen-bond acceptors (Lipinski definition) is 4. The summed E-state index contributed by atoms with van der Waals surface area (Å²) in [5.41, 5.74) is 3.25. The third-order valence-electron chi connectivity index (χ3n) is 2.13. The second kappa shape index (κ2) is 4.74. The number of rotatable bonds is 3. The third kappa shape index (κ3) is 3.36. The van der Waals surface area contributed by atoms with Gasteiger partial charge in [-0.05, 0) is 39.5 Å². The summed E-state index contributed by atoms with van der Waals surface area (Å²) in [6, 6.07) is 0. The molecule has 4 heteroatoms. The van der Waals surface area contributed by atoms with Crippen LogP contribution >= 0.6 is 0 Å². The number of hydrazone groups is 1. The first kappa shape index (κ1) is 9.89. The maximum Gasteiger partial charge on any atom is 0.0413 e. The van der Waals surface area contributed by atoms with Crippen LogP contribution in [0.5, 0.6) is 0 Å². The van der Waals surface area contributed by atoms with E-state index in [0.717, 1.165) is 42.8 Å². The van der Waals surface area contributed by atoms with Gasteiger partial charge in [0.1, 0.15) is 0 Å². The Labute approximate surface area is 78.6 Å². The molecule has 0 saturated heterocycles. The van der Waals surface area contributed by atoms with Gasteiger partial charge in [-0.3, -0.25) is 0 Å². The average molecular weight is 180 g/mol. The number of nitrogens with zero attached hydrogens (tertiary/aromatic N) is 3. The number of nitrogens with two attached hydrogens (primary N) is 1. The van der Waals surface area contributed by atoms with Crippen LogP contribution in [0.3, 0.4) is 0 Å². The van der Waals surface area contributed by atoms with Crippen molar-refractivity contribution in [3.8, 4) is 0 Å². The Bertz CT molecular complexity index is 263. The molecule has 1 rings (SSSR count). The number of hydrogen-bond donors (Lipinski definition) is 1. The van der Waals surface area contributed by atoms with Crippen molar-refractivity contribution < 1.29 is 0 Å². The summed E-state index contributed by atoms with van der Waals surface area (Å²) in [5, 5.41) is 11.8. The zero-order valence-electron chi connectivity index (χ0n) is 8.25. The van der Waals surface area contributed by atoms with E-state index in [1.165, 1.54) is 0 Å². The SMILES string of the molecule is CC1=NN=C(CC/C(C)=N/N)CC1. The van der Waals surface area contributed by atoms with Gasteiger partial charge < -0.3 is 5.84 Å². The molecule has 0 spiro atoms. The minimum Gasteiger partial charge on any atom is -0.323 e. The van der Waals surface area contributed by atoms with Crippen LogP contribution in [0.2, 0.25) is 0 Å². The molecule has 0 aromatic rings. The molecule has 0 atom stereocenters. The Morgan fingerprint density at radius 1 is 1.46 bits per heavy atom. The molecule has 0 radical (unpaired) electrons. The highest BCUT2D eigenvalue weighted by atomic mass is 15.2. The van der Waals surface area contributed by atoms with Crippen LogP contribution in [0, 0.1) is 0 Å². The van der Waals surface area contributed by atoms with Crippen molar-refractivity contribution in [2.24, 2.45) is 21.1 Å². The first-order valence-corrected chi connectivity index (χ1v) is 4.54. The molecule has 1 aliphatic rings. The monoisotopic (exact) mass is 180 g/mol. The fraction of sp³-hybridized carbons (Fsp3) is 0.667. The standard InChI is InChI=1S/C9H16N4/c1-7(11-10)3-5-9-6-4-8(2)12-13-9/h3-6,10H2,1-2H3/b11-7+. The van der Waals surface area contributed by atoms with Crippen molar-refractivity contribution in [3.05, 3.63) is 0 Å². The van der Waals surface area contributed by atoms with Crippen LogP contribution in [-0.2, 0) is 0 Å². The molecule has 0 bridgehead atoms. The van der Waals surface area contributed by atoms with Crippen LogP contribution in [-0.4, -0.2) is 17.1 Å². The second-order valence-electron chi connectivity index (χ2n) is 3.37. The lowest BCUT2D eigenvalue weighted by atomic mass is 10.1. The van der Waals surface area contributed by atoms with Gasteiger partial charge in [0.05, 0.1) is 0 Å². The molecule has 1 aliphatic heterocycles. The molecule has 0 aliphatic carbocycles. The zero-order chi connectivity index (χ0) is 9.68. The Morgan fingerprint density at radius 3 is 2.77 bits per heavy atom. The zero-order valence-corrected chi connectivity index (χ0v) is 8.25. The summed E-state index contributed by atoms with van der Waals surface area (Å²) in [7, 11) is 0. The first-order valence-electron chi connectivity index (χ1n) is 4.54. The van der Waals surface area contributed by atoms with Crippen LogP contribution in [0.1, 0.15) is 39.5 Å². The van der Waals surface area contributed by atoms with Crippen molar-refractivity contribution in [3.63, 3.8) is 0 Å². The van der Waals surface area contributed by atoms with E-state index in [1.54, 1.807) is 0 Å². The van der Waals surface area contributed by atoms with E-state index in [0.29, 0.717) is 0 Å². The maximum absolute atomic E-state index is 5.13. The van der Waals surface area contributed by atoms with Gasteiger partial charge in [-0.2, -0.15) is 15.3 Å². The van der Waals surface area contributed by atoms with Crippen molar-refractivity contribution in [1.82, 2.24) is 0 Å². The minimum atomic E-state index is 0.893. The largest absolute Gasteiger partial charge is 0.323 e. The summed E-state index contributed by atoms with van der Waals surface area (Å²) < 4.78 is 0. The van der Waals surface area contributed by atoms with Crippen LogP contribution < -0.4 is 5.84 Å². The maximum atomic E-state index is 5.13. The van der Waals surface area contributed by atoms with Gasteiger partial charge in [0.25, 0.3) is 0 Å². The van der Waals surface area contributed by atoms with Gasteiger partial charge in [-0.15, -0.1) is 0 Å². The fourth-order valence-corrected chi connectivity index (χ4v) is 1.15. The molecule has 4 nitrogen and oxygen atoms in total. The van der Waals surface area contributed by atoms with Crippen molar-refractivity contribution in [2.45, 2.75) is 39.5 Å². The summed E-state index contributed by atoms with van der Waals surface area (Å²) in [5.74, 6) is 5.13. The third-order valence-corrected chi connectivity index (χ3v) is 2.13. The molecule has 0 aromatic carbocycles. The molecule has 0 amide bonds. The topological polar surface area (TPSA) is 63.1 Å². The Balaban J connectivity index is 2.39. The molecular formula is C9H16N4. The van der Waals surface area contributed by atoms with Gasteiger partial charge in [-0.25, -0.2) is 0 Å². The quantitative estimate of drug-likeness (QED) is 0.401. The highest BCUT2D eigenvalue weighted by Crippen LogP contribution is 2.08.